The minimum Gasteiger partial charge on any atom is -0.452 e. The fraction of sp³-hybridized carbons (Fsp3) is 0.118. The summed E-state index contributed by atoms with van der Waals surface area (Å²) < 4.78 is 21.6. The van der Waals surface area contributed by atoms with Gasteiger partial charge in [-0.1, -0.05) is 39.7 Å². The van der Waals surface area contributed by atoms with Crippen molar-refractivity contribution in [1.29, 1.82) is 0 Å². The molecule has 5 nitrogen and oxygen atoms in total. The van der Waals surface area contributed by atoms with E-state index in [0.717, 1.165) is 0 Å². The highest BCUT2D eigenvalue weighted by molar-refractivity contribution is 9.10. The zero-order valence-corrected chi connectivity index (χ0v) is 15.1. The van der Waals surface area contributed by atoms with Gasteiger partial charge in [-0.15, -0.1) is 0 Å². The Labute approximate surface area is 156 Å². The van der Waals surface area contributed by atoms with E-state index in [-0.39, 0.29) is 12.1 Å². The van der Waals surface area contributed by atoms with Crippen LogP contribution in [-0.4, -0.2) is 20.7 Å². The lowest BCUT2D eigenvalue weighted by atomic mass is 10.1. The molecule has 3 rings (SSSR count). The van der Waals surface area contributed by atoms with Crippen molar-refractivity contribution < 1.29 is 13.9 Å². The highest BCUT2D eigenvalue weighted by Gasteiger charge is 2.21. The molecule has 0 saturated carbocycles. The quantitative estimate of drug-likeness (QED) is 0.569. The van der Waals surface area contributed by atoms with Crippen molar-refractivity contribution >= 4 is 33.5 Å². The highest BCUT2D eigenvalue weighted by atomic mass is 79.9. The van der Waals surface area contributed by atoms with Crippen molar-refractivity contribution in [3.8, 4) is 0 Å². The van der Waals surface area contributed by atoms with Gasteiger partial charge in [-0.2, -0.15) is 5.10 Å². The number of rotatable bonds is 5. The molecular weight excluding hydrogens is 413 g/mol. The van der Waals surface area contributed by atoms with Crippen molar-refractivity contribution in [2.75, 3.05) is 0 Å². The van der Waals surface area contributed by atoms with Gasteiger partial charge in [0.1, 0.15) is 24.6 Å². The number of nitrogens with zero attached hydrogens (tertiary/aromatic N) is 3. The van der Waals surface area contributed by atoms with Crippen LogP contribution in [0.5, 0.6) is 0 Å². The molecule has 0 fully saturated rings. The van der Waals surface area contributed by atoms with Crippen LogP contribution in [0, 0.1) is 5.82 Å². The van der Waals surface area contributed by atoms with E-state index in [2.05, 4.69) is 26.0 Å². The molecule has 0 spiro atoms. The Morgan fingerprint density at radius 2 is 2.04 bits per heavy atom. The Balaban J connectivity index is 1.86. The maximum absolute atomic E-state index is 14.0. The van der Waals surface area contributed by atoms with Crippen LogP contribution in [0.2, 0.25) is 5.02 Å². The molecule has 1 atom stereocenters. The van der Waals surface area contributed by atoms with E-state index in [0.29, 0.717) is 15.1 Å². The number of aromatic nitrogens is 3. The normalized spacial score (nSPS) is 12.0. The number of esters is 1. The van der Waals surface area contributed by atoms with Gasteiger partial charge in [0.2, 0.25) is 0 Å². The number of halogens is 3. The summed E-state index contributed by atoms with van der Waals surface area (Å²) in [5.74, 6) is -1.42. The van der Waals surface area contributed by atoms with Crippen molar-refractivity contribution in [3.05, 3.63) is 81.6 Å². The van der Waals surface area contributed by atoms with Crippen molar-refractivity contribution in [3.63, 3.8) is 0 Å². The predicted molar refractivity (Wildman–Crippen MR) is 93.7 cm³/mol. The van der Waals surface area contributed by atoms with E-state index in [9.17, 15) is 9.18 Å². The Bertz CT molecular complexity index is 872. The SMILES string of the molecule is O=C(OC(Cn1cncn1)c1ccc(Cl)cc1)c1ccc(Br)cc1F. The third-order valence-corrected chi connectivity index (χ3v) is 4.21. The largest absolute Gasteiger partial charge is 0.452 e. The molecule has 8 heteroatoms. The van der Waals surface area contributed by atoms with Gasteiger partial charge in [-0.3, -0.25) is 0 Å². The Kier molecular flexibility index (Phi) is 5.45. The first-order valence-electron chi connectivity index (χ1n) is 7.27. The second kappa shape index (κ2) is 7.76. The summed E-state index contributed by atoms with van der Waals surface area (Å²) in [7, 11) is 0. The van der Waals surface area contributed by atoms with Crippen LogP contribution in [0.25, 0.3) is 0 Å². The summed E-state index contributed by atoms with van der Waals surface area (Å²) in [4.78, 5) is 16.3. The van der Waals surface area contributed by atoms with E-state index in [4.69, 9.17) is 16.3 Å². The molecule has 3 aromatic rings. The molecule has 1 heterocycles. The van der Waals surface area contributed by atoms with Gasteiger partial charge in [0, 0.05) is 9.50 Å². The minimum atomic E-state index is -0.759. The summed E-state index contributed by atoms with van der Waals surface area (Å²) in [5.41, 5.74) is 0.575. The van der Waals surface area contributed by atoms with E-state index < -0.39 is 17.9 Å². The van der Waals surface area contributed by atoms with Crippen LogP contribution in [-0.2, 0) is 11.3 Å². The number of benzene rings is 2. The van der Waals surface area contributed by atoms with Gasteiger partial charge in [-0.25, -0.2) is 18.9 Å². The molecule has 1 aromatic heterocycles. The average Bonchev–Trinajstić information content (AvgIpc) is 3.08. The molecule has 0 amide bonds. The first kappa shape index (κ1) is 17.6. The van der Waals surface area contributed by atoms with Crippen molar-refractivity contribution in [2.45, 2.75) is 12.6 Å². The van der Waals surface area contributed by atoms with Gasteiger partial charge in [0.15, 0.2) is 0 Å². The van der Waals surface area contributed by atoms with Gasteiger partial charge >= 0.3 is 5.97 Å². The van der Waals surface area contributed by atoms with Crippen LogP contribution in [0.3, 0.4) is 0 Å². The number of hydrogen-bond donors (Lipinski definition) is 0. The smallest absolute Gasteiger partial charge is 0.341 e. The second-order valence-corrected chi connectivity index (χ2v) is 6.54. The van der Waals surface area contributed by atoms with Crippen LogP contribution >= 0.6 is 27.5 Å². The van der Waals surface area contributed by atoms with Gasteiger partial charge in [0.05, 0.1) is 12.1 Å². The molecule has 0 aliphatic carbocycles. The van der Waals surface area contributed by atoms with Gasteiger partial charge in [-0.05, 0) is 35.9 Å². The molecule has 1 unspecified atom stereocenters. The zero-order chi connectivity index (χ0) is 17.8. The van der Waals surface area contributed by atoms with E-state index in [1.165, 1.54) is 29.5 Å². The summed E-state index contributed by atoms with van der Waals surface area (Å²) in [5, 5.41) is 4.58. The van der Waals surface area contributed by atoms with Crippen LogP contribution in [0.15, 0.2) is 59.6 Å². The van der Waals surface area contributed by atoms with Crippen molar-refractivity contribution in [1.82, 2.24) is 14.8 Å². The Morgan fingerprint density at radius 1 is 1.28 bits per heavy atom. The predicted octanol–water partition coefficient (Wildman–Crippen LogP) is 4.43. The second-order valence-electron chi connectivity index (χ2n) is 5.19. The van der Waals surface area contributed by atoms with Crippen molar-refractivity contribution in [2.24, 2.45) is 0 Å². The third kappa shape index (κ3) is 4.43. The lowest BCUT2D eigenvalue weighted by Gasteiger charge is -2.18. The summed E-state index contributed by atoms with van der Waals surface area (Å²) in [6, 6.07) is 11.0. The number of carbonyl (C=O) groups is 1. The van der Waals surface area contributed by atoms with Crippen LogP contribution in [0.4, 0.5) is 4.39 Å². The molecule has 0 bridgehead atoms. The summed E-state index contributed by atoms with van der Waals surface area (Å²) >= 11 is 9.06. The Morgan fingerprint density at radius 3 is 2.68 bits per heavy atom. The summed E-state index contributed by atoms with van der Waals surface area (Å²) in [6.45, 7) is 0.242. The monoisotopic (exact) mass is 423 g/mol. The molecule has 128 valence electrons. The molecule has 2 aromatic carbocycles. The lowest BCUT2D eigenvalue weighted by molar-refractivity contribution is 0.0241. The average molecular weight is 425 g/mol. The maximum atomic E-state index is 14.0. The highest BCUT2D eigenvalue weighted by Crippen LogP contribution is 2.24. The van der Waals surface area contributed by atoms with Gasteiger partial charge in [0.25, 0.3) is 0 Å². The van der Waals surface area contributed by atoms with Crippen LogP contribution in [0.1, 0.15) is 22.0 Å². The number of ether oxygens (including phenoxy) is 1. The minimum absolute atomic E-state index is 0.138. The maximum Gasteiger partial charge on any atom is 0.341 e. The fourth-order valence-electron chi connectivity index (χ4n) is 2.23. The third-order valence-electron chi connectivity index (χ3n) is 3.46. The molecule has 0 saturated heterocycles. The molecule has 0 aliphatic rings. The lowest BCUT2D eigenvalue weighted by Crippen LogP contribution is -2.18. The molecule has 0 aliphatic heterocycles. The Hall–Kier alpha value is -2.25. The number of hydrogen-bond acceptors (Lipinski definition) is 4. The molecular formula is C17H12BrClFN3O2. The zero-order valence-electron chi connectivity index (χ0n) is 12.8. The summed E-state index contributed by atoms with van der Waals surface area (Å²) in [6.07, 6.45) is 2.22. The first-order valence-corrected chi connectivity index (χ1v) is 8.44. The standard InChI is InChI=1S/C17H12BrClFN3O2/c18-12-3-6-14(15(20)7-12)17(24)25-16(8-23-10-21-9-22-23)11-1-4-13(19)5-2-11/h1-7,9-10,16H,8H2. The van der Waals surface area contributed by atoms with E-state index >= 15 is 0 Å². The first-order chi connectivity index (χ1) is 12.0. The number of carbonyl (C=O) groups excluding carboxylic acids is 1. The van der Waals surface area contributed by atoms with E-state index in [1.54, 1.807) is 30.3 Å². The molecule has 25 heavy (non-hydrogen) atoms. The molecule has 0 N–H and O–H groups in total. The van der Waals surface area contributed by atoms with E-state index in [1.807, 2.05) is 0 Å². The topological polar surface area (TPSA) is 57.0 Å². The fourth-order valence-corrected chi connectivity index (χ4v) is 2.69. The van der Waals surface area contributed by atoms with Gasteiger partial charge < -0.3 is 4.74 Å². The molecule has 0 radical (unpaired) electrons. The van der Waals surface area contributed by atoms with Crippen LogP contribution < -0.4 is 0 Å².